The summed E-state index contributed by atoms with van der Waals surface area (Å²) in [7, 11) is 3.35. The molecule has 2 aliphatic heterocycles. The molecule has 0 spiro atoms. The van der Waals surface area contributed by atoms with Crippen LogP contribution in [0.15, 0.2) is 28.9 Å². The highest BCUT2D eigenvalue weighted by atomic mass is 32.1. The zero-order valence-electron chi connectivity index (χ0n) is 19.1. The molecule has 0 aliphatic carbocycles. The fourth-order valence-electron chi connectivity index (χ4n) is 3.86. The molecule has 1 saturated heterocycles. The van der Waals surface area contributed by atoms with Crippen LogP contribution in [-0.4, -0.2) is 90.5 Å². The van der Waals surface area contributed by atoms with E-state index in [1.54, 1.807) is 17.5 Å². The molecular formula is C22H31N5O3S2. The summed E-state index contributed by atoms with van der Waals surface area (Å²) in [5.74, 6) is -0.304. The Bertz CT molecular complexity index is 903. The van der Waals surface area contributed by atoms with E-state index in [0.29, 0.717) is 25.1 Å². The quantitative estimate of drug-likeness (QED) is 0.360. The zero-order valence-corrected chi connectivity index (χ0v) is 20.7. The van der Waals surface area contributed by atoms with Gasteiger partial charge in [0.1, 0.15) is 11.3 Å². The molecule has 0 unspecified atom stereocenters. The van der Waals surface area contributed by atoms with Gasteiger partial charge in [-0.3, -0.25) is 4.90 Å². The van der Waals surface area contributed by atoms with Gasteiger partial charge in [-0.2, -0.15) is 0 Å². The largest absolute Gasteiger partial charge is 0.466 e. The van der Waals surface area contributed by atoms with E-state index in [0.717, 1.165) is 54.0 Å². The highest BCUT2D eigenvalue weighted by Crippen LogP contribution is 2.25. The number of piperazine rings is 1. The number of aromatic nitrogens is 1. The summed E-state index contributed by atoms with van der Waals surface area (Å²) in [6, 6.07) is 0. The van der Waals surface area contributed by atoms with Gasteiger partial charge >= 0.3 is 5.97 Å². The highest BCUT2D eigenvalue weighted by molar-refractivity contribution is 7.80. The number of carbonyl (C=O) groups excluding carboxylic acids is 2. The van der Waals surface area contributed by atoms with Crippen LogP contribution >= 0.6 is 23.6 Å². The summed E-state index contributed by atoms with van der Waals surface area (Å²) in [5, 5.41) is 7.02. The minimum Gasteiger partial charge on any atom is -0.466 e. The fourth-order valence-corrected chi connectivity index (χ4v) is 4.74. The second-order valence-corrected chi connectivity index (χ2v) is 10.0. The van der Waals surface area contributed by atoms with E-state index >= 15 is 0 Å². The Morgan fingerprint density at radius 2 is 2.09 bits per heavy atom. The zero-order chi connectivity index (χ0) is 23.3. The van der Waals surface area contributed by atoms with Gasteiger partial charge in [0.2, 0.25) is 0 Å². The van der Waals surface area contributed by atoms with E-state index in [1.165, 1.54) is 7.11 Å². The van der Waals surface area contributed by atoms with Crippen LogP contribution in [0.4, 0.5) is 0 Å². The molecule has 0 bridgehead atoms. The van der Waals surface area contributed by atoms with Crippen molar-refractivity contribution < 1.29 is 14.3 Å². The lowest BCUT2D eigenvalue weighted by Gasteiger charge is -2.40. The van der Waals surface area contributed by atoms with Crippen molar-refractivity contribution in [2.45, 2.75) is 20.3 Å². The average molecular weight is 478 g/mol. The predicted molar refractivity (Wildman–Crippen MR) is 130 cm³/mol. The molecule has 10 heteroatoms. The molecule has 8 nitrogen and oxygen atoms in total. The van der Waals surface area contributed by atoms with E-state index in [-0.39, 0.29) is 5.97 Å². The van der Waals surface area contributed by atoms with E-state index in [4.69, 9.17) is 17.0 Å². The van der Waals surface area contributed by atoms with E-state index in [2.05, 4.69) is 20.1 Å². The molecule has 0 atom stereocenters. The van der Waals surface area contributed by atoms with Crippen LogP contribution in [-0.2, 0) is 14.3 Å². The number of hydrogen-bond acceptors (Lipinski definition) is 8. The van der Waals surface area contributed by atoms with Crippen LogP contribution in [0.5, 0.6) is 0 Å². The van der Waals surface area contributed by atoms with Gasteiger partial charge in [0.25, 0.3) is 0 Å². The molecule has 3 heterocycles. The standard InChI is InChI=1S/C22H31N5O3S2/c1-22(2,15-28)14-25(3)21(31)27-10-8-26(9-11-27)13-18-16(20(29)30-4)5-6-17(24-18)19-23-7-12-32-19/h6-7,12,15,24H,5,8-11,13-14H2,1-4H3. The average Bonchev–Trinajstić information content (AvgIpc) is 3.33. The molecular weight excluding hydrogens is 446 g/mol. The highest BCUT2D eigenvalue weighted by Gasteiger charge is 2.28. The molecule has 0 radical (unpaired) electrons. The SMILES string of the molecule is COC(=O)C1=C(CN2CCN(C(=S)N(C)CC(C)(C)C=O)CC2)NC(c2nccs2)=CC1. The maximum atomic E-state index is 12.3. The lowest BCUT2D eigenvalue weighted by Crippen LogP contribution is -2.53. The molecule has 2 aliphatic rings. The third kappa shape index (κ3) is 5.93. The summed E-state index contributed by atoms with van der Waals surface area (Å²) in [4.78, 5) is 34.4. The minimum absolute atomic E-state index is 0.304. The van der Waals surface area contributed by atoms with Crippen molar-refractivity contribution in [3.63, 3.8) is 0 Å². The number of hydrogen-bond donors (Lipinski definition) is 1. The fraction of sp³-hybridized carbons (Fsp3) is 0.545. The number of nitrogens with one attached hydrogen (secondary N) is 1. The number of rotatable bonds is 7. The van der Waals surface area contributed by atoms with Crippen LogP contribution in [0.2, 0.25) is 0 Å². The Labute approximate surface area is 198 Å². The van der Waals surface area contributed by atoms with Crippen LogP contribution in [0.25, 0.3) is 5.70 Å². The van der Waals surface area contributed by atoms with Gasteiger partial charge in [0.05, 0.1) is 18.4 Å². The number of esters is 1. The molecule has 3 rings (SSSR count). The molecule has 0 aromatic carbocycles. The summed E-state index contributed by atoms with van der Waals surface area (Å²) < 4.78 is 5.01. The first kappa shape index (κ1) is 24.3. The number of ether oxygens (including phenoxy) is 1. The summed E-state index contributed by atoms with van der Waals surface area (Å²) in [5.41, 5.74) is 2.01. The van der Waals surface area contributed by atoms with Gasteiger partial charge in [-0.25, -0.2) is 9.78 Å². The number of allylic oxidation sites excluding steroid dienone is 1. The van der Waals surface area contributed by atoms with Crippen molar-refractivity contribution in [3.05, 3.63) is 33.9 Å². The van der Waals surface area contributed by atoms with E-state index in [1.807, 2.05) is 37.3 Å². The first-order valence-electron chi connectivity index (χ1n) is 10.6. The molecule has 1 aromatic heterocycles. The Kier molecular flexibility index (Phi) is 8.02. The number of thiazole rings is 1. The number of nitrogens with zero attached hydrogens (tertiary/aromatic N) is 4. The lowest BCUT2D eigenvalue weighted by atomic mass is 9.95. The second-order valence-electron chi connectivity index (χ2n) is 8.74. The number of thiocarbonyl (C=S) groups is 1. The number of aldehydes is 1. The Balaban J connectivity index is 1.61. The van der Waals surface area contributed by atoms with Crippen molar-refractivity contribution in [3.8, 4) is 0 Å². The molecule has 1 N–H and O–H groups in total. The summed E-state index contributed by atoms with van der Waals surface area (Å²) >= 11 is 7.23. The topological polar surface area (TPSA) is 78.0 Å². The predicted octanol–water partition coefficient (Wildman–Crippen LogP) is 1.96. The van der Waals surface area contributed by atoms with Crippen molar-refractivity contribution in [1.29, 1.82) is 0 Å². The van der Waals surface area contributed by atoms with Crippen LogP contribution < -0.4 is 5.32 Å². The first-order valence-corrected chi connectivity index (χ1v) is 11.9. The summed E-state index contributed by atoms with van der Waals surface area (Å²) in [6.45, 7) is 8.26. The number of carbonyl (C=O) groups is 2. The van der Waals surface area contributed by atoms with Gasteiger partial charge < -0.3 is 24.6 Å². The van der Waals surface area contributed by atoms with Gasteiger partial charge in [-0.1, -0.05) is 19.9 Å². The third-order valence-electron chi connectivity index (χ3n) is 5.57. The Morgan fingerprint density at radius 3 is 2.69 bits per heavy atom. The Morgan fingerprint density at radius 1 is 1.38 bits per heavy atom. The molecule has 32 heavy (non-hydrogen) atoms. The first-order chi connectivity index (χ1) is 15.2. The van der Waals surface area contributed by atoms with Gasteiger partial charge in [0, 0.05) is 75.4 Å². The van der Waals surface area contributed by atoms with Crippen LogP contribution in [0.3, 0.4) is 0 Å². The molecule has 1 fully saturated rings. The van der Waals surface area contributed by atoms with Crippen molar-refractivity contribution in [2.24, 2.45) is 5.41 Å². The van der Waals surface area contributed by atoms with E-state index in [9.17, 15) is 9.59 Å². The van der Waals surface area contributed by atoms with Crippen molar-refractivity contribution in [1.82, 2.24) is 25.0 Å². The minimum atomic E-state index is -0.438. The maximum Gasteiger partial charge on any atom is 0.335 e. The summed E-state index contributed by atoms with van der Waals surface area (Å²) in [6.07, 6.45) is 5.26. The van der Waals surface area contributed by atoms with E-state index < -0.39 is 5.41 Å². The van der Waals surface area contributed by atoms with Crippen molar-refractivity contribution >= 4 is 46.6 Å². The monoisotopic (exact) mass is 477 g/mol. The third-order valence-corrected chi connectivity index (χ3v) is 6.95. The second kappa shape index (κ2) is 10.5. The van der Waals surface area contributed by atoms with Crippen LogP contribution in [0, 0.1) is 5.41 Å². The normalized spacial score (nSPS) is 17.5. The van der Waals surface area contributed by atoms with Gasteiger partial charge in [0.15, 0.2) is 5.11 Å². The molecule has 174 valence electrons. The lowest BCUT2D eigenvalue weighted by molar-refractivity contribution is -0.136. The molecule has 0 amide bonds. The van der Waals surface area contributed by atoms with Gasteiger partial charge in [-0.05, 0) is 12.2 Å². The Hall–Kier alpha value is -2.30. The number of dihydropyridines is 1. The van der Waals surface area contributed by atoms with Crippen molar-refractivity contribution in [2.75, 3.05) is 53.4 Å². The van der Waals surface area contributed by atoms with Crippen LogP contribution in [0.1, 0.15) is 25.3 Å². The van der Waals surface area contributed by atoms with Gasteiger partial charge in [-0.15, -0.1) is 11.3 Å². The smallest absolute Gasteiger partial charge is 0.335 e. The maximum absolute atomic E-state index is 12.3. The molecule has 1 aromatic rings. The number of methoxy groups -OCH3 is 1. The molecule has 0 saturated carbocycles.